The number of fused-ring (bicyclic) bond motifs is 1. The average molecular weight is 381 g/mol. The van der Waals surface area contributed by atoms with Crippen molar-refractivity contribution in [2.24, 2.45) is 0 Å². The fourth-order valence-corrected chi connectivity index (χ4v) is 3.13. The minimum absolute atomic E-state index is 0.0441. The molecule has 1 saturated carbocycles. The van der Waals surface area contributed by atoms with E-state index in [1.165, 1.54) is 18.1 Å². The lowest BCUT2D eigenvalue weighted by molar-refractivity contribution is -0.137. The SMILES string of the molecule is COc1cc(C(F)(F)F)cc(C)c1-c1cnc2nn(C3CC(F)C3)nc2n1. The summed E-state index contributed by atoms with van der Waals surface area (Å²) in [6.07, 6.45) is -3.22. The van der Waals surface area contributed by atoms with E-state index < -0.39 is 17.9 Å². The summed E-state index contributed by atoms with van der Waals surface area (Å²) >= 11 is 0. The summed E-state index contributed by atoms with van der Waals surface area (Å²) in [5.74, 6) is 0.0441. The van der Waals surface area contributed by atoms with Crippen LogP contribution in [0.15, 0.2) is 18.3 Å². The molecule has 1 fully saturated rings. The molecule has 2 heterocycles. The van der Waals surface area contributed by atoms with Gasteiger partial charge >= 0.3 is 6.18 Å². The minimum Gasteiger partial charge on any atom is -0.496 e. The van der Waals surface area contributed by atoms with Crippen molar-refractivity contribution in [1.82, 2.24) is 25.0 Å². The first-order chi connectivity index (χ1) is 12.8. The third kappa shape index (κ3) is 3.08. The number of nitrogens with zero attached hydrogens (tertiary/aromatic N) is 5. The second kappa shape index (κ2) is 6.14. The molecule has 0 aliphatic heterocycles. The van der Waals surface area contributed by atoms with Crippen molar-refractivity contribution < 1.29 is 22.3 Å². The fraction of sp³-hybridized carbons (Fsp3) is 0.412. The van der Waals surface area contributed by atoms with E-state index in [0.717, 1.165) is 12.1 Å². The number of halogens is 4. The van der Waals surface area contributed by atoms with Gasteiger partial charge in [0.15, 0.2) is 0 Å². The molecule has 0 saturated heterocycles. The predicted molar refractivity (Wildman–Crippen MR) is 88.0 cm³/mol. The Labute approximate surface area is 151 Å². The Morgan fingerprint density at radius 2 is 1.85 bits per heavy atom. The molecule has 3 aromatic rings. The zero-order valence-corrected chi connectivity index (χ0v) is 14.5. The molecule has 10 heteroatoms. The van der Waals surface area contributed by atoms with Gasteiger partial charge in [0, 0.05) is 18.4 Å². The zero-order valence-electron chi connectivity index (χ0n) is 14.5. The molecule has 27 heavy (non-hydrogen) atoms. The lowest BCUT2D eigenvalue weighted by Crippen LogP contribution is -2.29. The lowest BCUT2D eigenvalue weighted by atomic mass is 9.91. The Balaban J connectivity index is 1.77. The molecular formula is C17H15F4N5O. The second-order valence-electron chi connectivity index (χ2n) is 6.51. The smallest absolute Gasteiger partial charge is 0.416 e. The van der Waals surface area contributed by atoms with Crippen LogP contribution in [0.5, 0.6) is 5.75 Å². The summed E-state index contributed by atoms with van der Waals surface area (Å²) in [5.41, 5.74) is 0.825. The van der Waals surface area contributed by atoms with Gasteiger partial charge in [-0.15, -0.1) is 10.2 Å². The van der Waals surface area contributed by atoms with E-state index in [4.69, 9.17) is 4.74 Å². The van der Waals surface area contributed by atoms with Crippen molar-refractivity contribution in [3.05, 3.63) is 29.5 Å². The molecule has 0 bridgehead atoms. The zero-order chi connectivity index (χ0) is 19.3. The summed E-state index contributed by atoms with van der Waals surface area (Å²) in [5, 5.41) is 8.44. The summed E-state index contributed by atoms with van der Waals surface area (Å²) in [6, 6.07) is 1.85. The normalized spacial score (nSPS) is 19.9. The van der Waals surface area contributed by atoms with Gasteiger partial charge < -0.3 is 4.74 Å². The van der Waals surface area contributed by atoms with Crippen molar-refractivity contribution in [2.75, 3.05) is 7.11 Å². The Morgan fingerprint density at radius 1 is 1.15 bits per heavy atom. The maximum atomic E-state index is 13.0. The van der Waals surface area contributed by atoms with Gasteiger partial charge in [0.2, 0.25) is 11.3 Å². The van der Waals surface area contributed by atoms with E-state index in [1.54, 1.807) is 6.92 Å². The van der Waals surface area contributed by atoms with Crippen LogP contribution in [0.25, 0.3) is 22.6 Å². The number of hydrogen-bond acceptors (Lipinski definition) is 5. The molecule has 0 unspecified atom stereocenters. The number of rotatable bonds is 3. The van der Waals surface area contributed by atoms with Gasteiger partial charge in [-0.2, -0.15) is 18.0 Å². The molecule has 0 N–H and O–H groups in total. The Bertz CT molecular complexity index is 1010. The van der Waals surface area contributed by atoms with Gasteiger partial charge in [-0.25, -0.2) is 14.4 Å². The predicted octanol–water partition coefficient (Wildman–Crippen LogP) is 3.90. The van der Waals surface area contributed by atoms with Crippen molar-refractivity contribution in [2.45, 2.75) is 38.2 Å². The standard InChI is InChI=1S/C17H15F4N5O/c1-8-3-9(17(19,20)21)4-13(27-2)14(8)12-7-22-15-16(23-12)25-26(24-15)11-5-10(18)6-11/h3-4,7,10-11H,5-6H2,1-2H3. The molecule has 2 aromatic heterocycles. The van der Waals surface area contributed by atoms with E-state index in [-0.39, 0.29) is 17.4 Å². The number of ether oxygens (including phenoxy) is 1. The summed E-state index contributed by atoms with van der Waals surface area (Å²) in [6.45, 7) is 1.55. The monoisotopic (exact) mass is 381 g/mol. The second-order valence-corrected chi connectivity index (χ2v) is 6.51. The Morgan fingerprint density at radius 3 is 2.48 bits per heavy atom. The van der Waals surface area contributed by atoms with Crippen LogP contribution in [0.4, 0.5) is 17.6 Å². The molecule has 6 nitrogen and oxygen atoms in total. The number of aryl methyl sites for hydroxylation is 1. The van der Waals surface area contributed by atoms with Crippen LogP contribution in [0.1, 0.15) is 30.0 Å². The lowest BCUT2D eigenvalue weighted by Gasteiger charge is -2.27. The first-order valence-electron chi connectivity index (χ1n) is 8.26. The molecule has 0 amide bonds. The van der Waals surface area contributed by atoms with Crippen LogP contribution in [-0.2, 0) is 6.18 Å². The van der Waals surface area contributed by atoms with E-state index in [9.17, 15) is 17.6 Å². The van der Waals surface area contributed by atoms with Crippen LogP contribution in [-0.4, -0.2) is 38.2 Å². The third-order valence-corrected chi connectivity index (χ3v) is 4.61. The van der Waals surface area contributed by atoms with Crippen molar-refractivity contribution >= 4 is 11.3 Å². The Kier molecular flexibility index (Phi) is 4.01. The number of aromatic nitrogens is 5. The van der Waals surface area contributed by atoms with Crippen LogP contribution in [0.2, 0.25) is 0 Å². The molecule has 0 radical (unpaired) electrons. The molecule has 4 rings (SSSR count). The Hall–Kier alpha value is -2.78. The van der Waals surface area contributed by atoms with E-state index >= 15 is 0 Å². The topological polar surface area (TPSA) is 65.7 Å². The first kappa shape index (κ1) is 17.6. The maximum Gasteiger partial charge on any atom is 0.416 e. The highest BCUT2D eigenvalue weighted by Gasteiger charge is 2.33. The molecule has 1 aromatic carbocycles. The maximum absolute atomic E-state index is 13.0. The van der Waals surface area contributed by atoms with Crippen LogP contribution in [0.3, 0.4) is 0 Å². The molecule has 1 aliphatic rings. The van der Waals surface area contributed by atoms with Gasteiger partial charge in [0.1, 0.15) is 11.9 Å². The van der Waals surface area contributed by atoms with Crippen molar-refractivity contribution in [3.8, 4) is 17.0 Å². The van der Waals surface area contributed by atoms with Gasteiger partial charge in [-0.1, -0.05) is 0 Å². The van der Waals surface area contributed by atoms with E-state index in [2.05, 4.69) is 20.2 Å². The highest BCUT2D eigenvalue weighted by molar-refractivity contribution is 5.75. The van der Waals surface area contributed by atoms with Crippen molar-refractivity contribution in [1.29, 1.82) is 0 Å². The van der Waals surface area contributed by atoms with Crippen LogP contribution < -0.4 is 4.74 Å². The largest absolute Gasteiger partial charge is 0.496 e. The van der Waals surface area contributed by atoms with Gasteiger partial charge in [-0.3, -0.25) is 0 Å². The molecule has 0 spiro atoms. The number of hydrogen-bond donors (Lipinski definition) is 0. The average Bonchev–Trinajstić information content (AvgIpc) is 2.99. The van der Waals surface area contributed by atoms with E-state index in [0.29, 0.717) is 35.3 Å². The molecule has 142 valence electrons. The number of methoxy groups -OCH3 is 1. The van der Waals surface area contributed by atoms with E-state index in [1.807, 2.05) is 0 Å². The highest BCUT2D eigenvalue weighted by atomic mass is 19.4. The first-order valence-corrected chi connectivity index (χ1v) is 8.26. The molecular weight excluding hydrogens is 366 g/mol. The summed E-state index contributed by atoms with van der Waals surface area (Å²) < 4.78 is 57.3. The van der Waals surface area contributed by atoms with Crippen LogP contribution in [0, 0.1) is 6.92 Å². The van der Waals surface area contributed by atoms with Crippen LogP contribution >= 0.6 is 0 Å². The number of alkyl halides is 4. The summed E-state index contributed by atoms with van der Waals surface area (Å²) in [4.78, 5) is 9.98. The van der Waals surface area contributed by atoms with Crippen molar-refractivity contribution in [3.63, 3.8) is 0 Å². The molecule has 0 atom stereocenters. The fourth-order valence-electron chi connectivity index (χ4n) is 3.13. The van der Waals surface area contributed by atoms with Gasteiger partial charge in [0.05, 0.1) is 30.6 Å². The molecule has 1 aliphatic carbocycles. The van der Waals surface area contributed by atoms with Gasteiger partial charge in [0.25, 0.3) is 0 Å². The van der Waals surface area contributed by atoms with Gasteiger partial charge in [-0.05, 0) is 24.6 Å². The highest BCUT2D eigenvalue weighted by Crippen LogP contribution is 2.39. The summed E-state index contributed by atoms with van der Waals surface area (Å²) in [7, 11) is 1.30. The quantitative estimate of drug-likeness (QED) is 0.644. The minimum atomic E-state index is -4.48. The number of benzene rings is 1. The third-order valence-electron chi connectivity index (χ3n) is 4.61.